The van der Waals surface area contributed by atoms with Crippen molar-refractivity contribution in [3.63, 3.8) is 0 Å². The molecule has 0 saturated carbocycles. The third-order valence-electron chi connectivity index (χ3n) is 2.54. The number of fused-ring (bicyclic) bond motifs is 1. The molecule has 0 bridgehead atoms. The van der Waals surface area contributed by atoms with Gasteiger partial charge in [-0.25, -0.2) is 0 Å². The molecule has 1 aromatic heterocycles. The minimum Gasteiger partial charge on any atom is -0.326 e. The summed E-state index contributed by atoms with van der Waals surface area (Å²) in [6, 6.07) is 6.27. The first kappa shape index (κ1) is 11.0. The van der Waals surface area contributed by atoms with E-state index in [0.29, 0.717) is 16.5 Å². The number of aromatic nitrogens is 1. The number of nitrogens with two attached hydrogens (primary N) is 1. The van der Waals surface area contributed by atoms with Crippen LogP contribution in [-0.2, 0) is 12.8 Å². The minimum absolute atomic E-state index is 0.169. The maximum Gasteiger partial charge on any atom is 0.489 e. The van der Waals surface area contributed by atoms with Gasteiger partial charge in [0.25, 0.3) is 0 Å². The molecule has 86 valence electrons. The van der Waals surface area contributed by atoms with E-state index in [-0.39, 0.29) is 11.2 Å². The zero-order chi connectivity index (χ0) is 11.9. The maximum atomic E-state index is 12.7. The van der Waals surface area contributed by atoms with Gasteiger partial charge >= 0.3 is 6.30 Å². The molecule has 0 spiro atoms. The van der Waals surface area contributed by atoms with Crippen LogP contribution in [0.2, 0.25) is 0 Å². The summed E-state index contributed by atoms with van der Waals surface area (Å²) < 4.78 is 38.6. The number of nitrogens with zero attached hydrogens (tertiary/aromatic N) is 1. The number of hydrogen-bond donors (Lipinski definition) is 1. The third kappa shape index (κ3) is 1.67. The molecule has 1 heterocycles. The minimum atomic E-state index is -4.38. The van der Waals surface area contributed by atoms with Gasteiger partial charge < -0.3 is 5.73 Å². The molecule has 16 heavy (non-hydrogen) atoms. The van der Waals surface area contributed by atoms with E-state index < -0.39 is 6.30 Å². The maximum absolute atomic E-state index is 12.7. The lowest BCUT2D eigenvalue weighted by Gasteiger charge is -2.11. The molecule has 2 N–H and O–H groups in total. The topological polar surface area (TPSA) is 30.9 Å². The summed E-state index contributed by atoms with van der Waals surface area (Å²) in [5, 5.41) is 0.567. The van der Waals surface area contributed by atoms with Gasteiger partial charge in [-0.05, 0) is 30.7 Å². The largest absolute Gasteiger partial charge is 0.489 e. The van der Waals surface area contributed by atoms with Crippen LogP contribution in [0.5, 0.6) is 0 Å². The standard InChI is InChI=1S/C11H11F3N2/c1-7-4-9-5-8(6-15)2-3-10(9)16(7)11(12,13)14/h2-5H,6,15H2,1H3. The number of hydrogen-bond acceptors (Lipinski definition) is 1. The monoisotopic (exact) mass is 228 g/mol. The normalized spacial score (nSPS) is 12.3. The van der Waals surface area contributed by atoms with Crippen LogP contribution in [0.1, 0.15) is 11.3 Å². The SMILES string of the molecule is Cc1cc2cc(CN)ccc2n1C(F)(F)F. The van der Waals surface area contributed by atoms with Crippen molar-refractivity contribution in [3.8, 4) is 0 Å². The Morgan fingerprint density at radius 2 is 1.94 bits per heavy atom. The number of alkyl halides is 3. The van der Waals surface area contributed by atoms with Gasteiger partial charge in [-0.3, -0.25) is 4.57 Å². The lowest BCUT2D eigenvalue weighted by atomic mass is 10.1. The van der Waals surface area contributed by atoms with Crippen LogP contribution < -0.4 is 5.73 Å². The molecule has 0 aliphatic rings. The van der Waals surface area contributed by atoms with Gasteiger partial charge in [-0.2, -0.15) is 0 Å². The van der Waals surface area contributed by atoms with E-state index in [1.165, 1.54) is 19.1 Å². The van der Waals surface area contributed by atoms with Gasteiger partial charge in [0.15, 0.2) is 0 Å². The van der Waals surface area contributed by atoms with Crippen LogP contribution >= 0.6 is 0 Å². The fourth-order valence-electron chi connectivity index (χ4n) is 1.87. The third-order valence-corrected chi connectivity index (χ3v) is 2.54. The van der Waals surface area contributed by atoms with Gasteiger partial charge in [-0.15, -0.1) is 13.2 Å². The van der Waals surface area contributed by atoms with Gasteiger partial charge in [0.05, 0.1) is 5.52 Å². The first-order valence-electron chi connectivity index (χ1n) is 4.81. The predicted molar refractivity (Wildman–Crippen MR) is 55.9 cm³/mol. The summed E-state index contributed by atoms with van der Waals surface area (Å²) in [6.45, 7) is 1.77. The van der Waals surface area contributed by atoms with Gasteiger partial charge in [-0.1, -0.05) is 6.07 Å². The van der Waals surface area contributed by atoms with Crippen LogP contribution in [0.25, 0.3) is 10.9 Å². The summed E-state index contributed by atoms with van der Waals surface area (Å²) in [5.41, 5.74) is 6.61. The average Bonchev–Trinajstić information content (AvgIpc) is 2.51. The second-order valence-corrected chi connectivity index (χ2v) is 3.69. The van der Waals surface area contributed by atoms with Crippen molar-refractivity contribution in [3.05, 3.63) is 35.5 Å². The molecule has 1 aromatic carbocycles. The van der Waals surface area contributed by atoms with Crippen LogP contribution in [0.4, 0.5) is 13.2 Å². The molecule has 0 amide bonds. The predicted octanol–water partition coefficient (Wildman–Crippen LogP) is 2.88. The highest BCUT2D eigenvalue weighted by atomic mass is 19.4. The van der Waals surface area contributed by atoms with E-state index in [1.54, 1.807) is 12.1 Å². The molecule has 2 nitrogen and oxygen atoms in total. The second kappa shape index (κ2) is 3.52. The first-order chi connectivity index (χ1) is 7.43. The molecular formula is C11H11F3N2. The van der Waals surface area contributed by atoms with E-state index in [1.807, 2.05) is 0 Å². The first-order valence-corrected chi connectivity index (χ1v) is 4.81. The van der Waals surface area contributed by atoms with Crippen LogP contribution in [0, 0.1) is 6.92 Å². The number of benzene rings is 1. The molecule has 0 saturated heterocycles. The molecule has 2 aromatic rings. The number of rotatable bonds is 1. The lowest BCUT2D eigenvalue weighted by Crippen LogP contribution is -2.17. The summed E-state index contributed by atoms with van der Waals surface area (Å²) in [4.78, 5) is 0. The highest BCUT2D eigenvalue weighted by Gasteiger charge is 2.33. The molecule has 0 aliphatic heterocycles. The molecule has 5 heteroatoms. The highest BCUT2D eigenvalue weighted by Crippen LogP contribution is 2.31. The van der Waals surface area contributed by atoms with Gasteiger partial charge in [0.2, 0.25) is 0 Å². The Labute approximate surface area is 90.5 Å². The Hall–Kier alpha value is -1.49. The molecule has 0 unspecified atom stereocenters. The zero-order valence-electron chi connectivity index (χ0n) is 8.67. The molecule has 0 fully saturated rings. The van der Waals surface area contributed by atoms with E-state index in [2.05, 4.69) is 0 Å². The summed E-state index contributed by atoms with van der Waals surface area (Å²) >= 11 is 0. The fourth-order valence-corrected chi connectivity index (χ4v) is 1.87. The van der Waals surface area contributed by atoms with Crippen molar-refractivity contribution in [2.45, 2.75) is 19.8 Å². The number of halogens is 3. The van der Waals surface area contributed by atoms with Crippen LogP contribution in [-0.4, -0.2) is 4.57 Å². The Bertz CT molecular complexity index is 526. The van der Waals surface area contributed by atoms with Crippen molar-refractivity contribution >= 4 is 10.9 Å². The van der Waals surface area contributed by atoms with Crippen molar-refractivity contribution in [2.75, 3.05) is 0 Å². The molecule has 2 rings (SSSR count). The van der Waals surface area contributed by atoms with Crippen LogP contribution in [0.15, 0.2) is 24.3 Å². The zero-order valence-corrected chi connectivity index (χ0v) is 8.67. The van der Waals surface area contributed by atoms with Crippen molar-refractivity contribution in [1.82, 2.24) is 4.57 Å². The fraction of sp³-hybridized carbons (Fsp3) is 0.273. The Morgan fingerprint density at radius 1 is 1.25 bits per heavy atom. The van der Waals surface area contributed by atoms with E-state index in [4.69, 9.17) is 5.73 Å². The Kier molecular flexibility index (Phi) is 2.42. The Morgan fingerprint density at radius 3 is 2.50 bits per heavy atom. The molecule has 0 aliphatic carbocycles. The molecule has 0 radical (unpaired) electrons. The summed E-state index contributed by atoms with van der Waals surface area (Å²) in [5.74, 6) is 0. The smallest absolute Gasteiger partial charge is 0.326 e. The van der Waals surface area contributed by atoms with Crippen LogP contribution in [0.3, 0.4) is 0 Å². The molecule has 0 atom stereocenters. The summed E-state index contributed by atoms with van der Waals surface area (Å²) in [6.07, 6.45) is -4.38. The van der Waals surface area contributed by atoms with Crippen molar-refractivity contribution in [1.29, 1.82) is 0 Å². The Balaban J connectivity index is 2.72. The lowest BCUT2D eigenvalue weighted by molar-refractivity contribution is -0.201. The van der Waals surface area contributed by atoms with E-state index in [0.717, 1.165) is 5.56 Å². The quantitative estimate of drug-likeness (QED) is 0.799. The number of aryl methyl sites for hydroxylation is 1. The van der Waals surface area contributed by atoms with E-state index >= 15 is 0 Å². The average molecular weight is 228 g/mol. The van der Waals surface area contributed by atoms with E-state index in [9.17, 15) is 13.2 Å². The molecular weight excluding hydrogens is 217 g/mol. The second-order valence-electron chi connectivity index (χ2n) is 3.69. The van der Waals surface area contributed by atoms with Gasteiger partial charge in [0.1, 0.15) is 0 Å². The van der Waals surface area contributed by atoms with Crippen molar-refractivity contribution < 1.29 is 13.2 Å². The van der Waals surface area contributed by atoms with Gasteiger partial charge in [0, 0.05) is 17.6 Å². The highest BCUT2D eigenvalue weighted by molar-refractivity contribution is 5.82. The van der Waals surface area contributed by atoms with Crippen molar-refractivity contribution in [2.24, 2.45) is 5.73 Å². The summed E-state index contributed by atoms with van der Waals surface area (Å²) in [7, 11) is 0.